The Bertz CT molecular complexity index is 125. The van der Waals surface area contributed by atoms with Crippen molar-refractivity contribution in [1.29, 1.82) is 0 Å². The Kier molecular flexibility index (Phi) is 5.24. The van der Waals surface area contributed by atoms with Crippen LogP contribution in [0.5, 0.6) is 0 Å². The topological polar surface area (TPSA) is 46.5 Å². The predicted molar refractivity (Wildman–Crippen MR) is 42.6 cm³/mol. The highest BCUT2D eigenvalue weighted by Gasteiger charge is 2.11. The van der Waals surface area contributed by atoms with Crippen LogP contribution in [0.4, 0.5) is 0 Å². The molecule has 0 bridgehead atoms. The molecule has 0 amide bonds. The fourth-order valence-corrected chi connectivity index (χ4v) is 0.667. The number of hydrogen-bond donors (Lipinski definition) is 1. The van der Waals surface area contributed by atoms with E-state index >= 15 is 0 Å². The van der Waals surface area contributed by atoms with Crippen molar-refractivity contribution < 1.29 is 14.6 Å². The Hall–Kier alpha value is -0.280. The molecule has 0 heterocycles. The molecular formula is C7H13ClO3. The summed E-state index contributed by atoms with van der Waals surface area (Å²) in [7, 11) is 0. The SMILES string of the molecule is CC(C)OC(=O)C[C@@H](O)CCl. The molecule has 0 spiro atoms. The number of hydrogen-bond acceptors (Lipinski definition) is 3. The van der Waals surface area contributed by atoms with Gasteiger partial charge in [0.2, 0.25) is 0 Å². The summed E-state index contributed by atoms with van der Waals surface area (Å²) in [4.78, 5) is 10.8. The van der Waals surface area contributed by atoms with Crippen LogP contribution < -0.4 is 0 Å². The Morgan fingerprint density at radius 3 is 2.55 bits per heavy atom. The minimum absolute atomic E-state index is 0.0261. The molecule has 0 aromatic rings. The molecule has 1 atom stereocenters. The monoisotopic (exact) mass is 180 g/mol. The summed E-state index contributed by atoms with van der Waals surface area (Å²) >= 11 is 5.27. The number of ether oxygens (including phenoxy) is 1. The number of carbonyl (C=O) groups is 1. The minimum atomic E-state index is -0.789. The van der Waals surface area contributed by atoms with Gasteiger partial charge in [0.25, 0.3) is 0 Å². The predicted octanol–water partition coefficient (Wildman–Crippen LogP) is 0.928. The minimum Gasteiger partial charge on any atom is -0.463 e. The number of alkyl halides is 1. The number of esters is 1. The second-order valence-electron chi connectivity index (χ2n) is 2.55. The Labute approximate surface area is 71.3 Å². The van der Waals surface area contributed by atoms with Crippen LogP contribution in [-0.2, 0) is 9.53 Å². The van der Waals surface area contributed by atoms with E-state index in [0.29, 0.717) is 0 Å². The molecule has 1 N–H and O–H groups in total. The number of aliphatic hydroxyl groups excluding tert-OH is 1. The molecule has 0 aliphatic rings. The third-order valence-corrected chi connectivity index (χ3v) is 1.30. The number of halogens is 1. The lowest BCUT2D eigenvalue weighted by atomic mass is 10.3. The van der Waals surface area contributed by atoms with Crippen LogP contribution in [0.15, 0.2) is 0 Å². The average molecular weight is 181 g/mol. The third-order valence-electron chi connectivity index (χ3n) is 0.948. The van der Waals surface area contributed by atoms with Crippen molar-refractivity contribution in [1.82, 2.24) is 0 Å². The summed E-state index contributed by atoms with van der Waals surface area (Å²) in [6.45, 7) is 3.51. The molecule has 0 aromatic heterocycles. The van der Waals surface area contributed by atoms with Crippen molar-refractivity contribution in [3.63, 3.8) is 0 Å². The lowest BCUT2D eigenvalue weighted by Gasteiger charge is -2.09. The normalized spacial score (nSPS) is 13.2. The van der Waals surface area contributed by atoms with Crippen molar-refractivity contribution in [3.05, 3.63) is 0 Å². The first-order valence-corrected chi connectivity index (χ1v) is 4.03. The maximum Gasteiger partial charge on any atom is 0.308 e. The molecule has 0 unspecified atom stereocenters. The summed E-state index contributed by atoms with van der Waals surface area (Å²) in [6.07, 6.45) is -0.949. The lowest BCUT2D eigenvalue weighted by molar-refractivity contribution is -0.149. The highest BCUT2D eigenvalue weighted by atomic mass is 35.5. The molecule has 0 saturated carbocycles. The van der Waals surface area contributed by atoms with Gasteiger partial charge in [-0.05, 0) is 13.8 Å². The molecule has 11 heavy (non-hydrogen) atoms. The fraction of sp³-hybridized carbons (Fsp3) is 0.857. The van der Waals surface area contributed by atoms with E-state index in [4.69, 9.17) is 21.4 Å². The molecule has 0 aromatic carbocycles. The van der Waals surface area contributed by atoms with Gasteiger partial charge >= 0.3 is 5.97 Å². The number of rotatable bonds is 4. The third kappa shape index (κ3) is 6.13. The maximum atomic E-state index is 10.8. The zero-order valence-corrected chi connectivity index (χ0v) is 7.47. The van der Waals surface area contributed by atoms with E-state index in [0.717, 1.165) is 0 Å². The summed E-state index contributed by atoms with van der Waals surface area (Å²) in [6, 6.07) is 0. The van der Waals surface area contributed by atoms with Gasteiger partial charge in [0, 0.05) is 5.88 Å². The molecule has 4 heteroatoms. The summed E-state index contributed by atoms with van der Waals surface area (Å²) in [5.74, 6) is -0.346. The van der Waals surface area contributed by atoms with Crippen molar-refractivity contribution >= 4 is 17.6 Å². The molecule has 3 nitrogen and oxygen atoms in total. The van der Waals surface area contributed by atoms with Gasteiger partial charge in [-0.15, -0.1) is 11.6 Å². The van der Waals surface area contributed by atoms with Gasteiger partial charge in [-0.1, -0.05) is 0 Å². The molecule has 0 aliphatic carbocycles. The first-order chi connectivity index (χ1) is 5.06. The van der Waals surface area contributed by atoms with Crippen LogP contribution in [0.25, 0.3) is 0 Å². The van der Waals surface area contributed by atoms with Crippen LogP contribution in [0, 0.1) is 0 Å². The van der Waals surface area contributed by atoms with E-state index in [2.05, 4.69) is 0 Å². The Morgan fingerprint density at radius 1 is 1.64 bits per heavy atom. The average Bonchev–Trinajstić information content (AvgIpc) is 1.85. The van der Waals surface area contributed by atoms with Gasteiger partial charge in [-0.3, -0.25) is 4.79 Å². The molecule has 0 rings (SSSR count). The second-order valence-corrected chi connectivity index (χ2v) is 2.86. The van der Waals surface area contributed by atoms with E-state index < -0.39 is 12.1 Å². The molecule has 66 valence electrons. The van der Waals surface area contributed by atoms with Gasteiger partial charge in [0.15, 0.2) is 0 Å². The van der Waals surface area contributed by atoms with Gasteiger partial charge in [0.05, 0.1) is 18.6 Å². The number of carbonyl (C=O) groups excluding carboxylic acids is 1. The molecule has 0 fully saturated rings. The van der Waals surface area contributed by atoms with Crippen molar-refractivity contribution in [2.75, 3.05) is 5.88 Å². The van der Waals surface area contributed by atoms with E-state index in [1.807, 2.05) is 0 Å². The maximum absolute atomic E-state index is 10.8. The zero-order valence-electron chi connectivity index (χ0n) is 6.71. The first kappa shape index (κ1) is 10.7. The first-order valence-electron chi connectivity index (χ1n) is 3.49. The van der Waals surface area contributed by atoms with Gasteiger partial charge in [0.1, 0.15) is 0 Å². The molecule has 0 saturated heterocycles. The van der Waals surface area contributed by atoms with Gasteiger partial charge < -0.3 is 9.84 Å². The van der Waals surface area contributed by atoms with Crippen LogP contribution in [0.1, 0.15) is 20.3 Å². The standard InChI is InChI=1S/C7H13ClO3/c1-5(2)11-7(10)3-6(9)4-8/h5-6,9H,3-4H2,1-2H3/t6-/m1/s1. The second kappa shape index (κ2) is 5.38. The summed E-state index contributed by atoms with van der Waals surface area (Å²) < 4.78 is 4.77. The van der Waals surface area contributed by atoms with Crippen molar-refractivity contribution in [2.45, 2.75) is 32.5 Å². The summed E-state index contributed by atoms with van der Waals surface area (Å²) in [5, 5.41) is 8.91. The highest BCUT2D eigenvalue weighted by molar-refractivity contribution is 6.18. The highest BCUT2D eigenvalue weighted by Crippen LogP contribution is 1.99. The van der Waals surface area contributed by atoms with E-state index in [-0.39, 0.29) is 18.4 Å². The molecule has 0 aliphatic heterocycles. The fourth-order valence-electron chi connectivity index (χ4n) is 0.558. The van der Waals surface area contributed by atoms with Gasteiger partial charge in [-0.2, -0.15) is 0 Å². The molecular weight excluding hydrogens is 168 g/mol. The largest absolute Gasteiger partial charge is 0.463 e. The Morgan fingerprint density at radius 2 is 2.18 bits per heavy atom. The Balaban J connectivity index is 3.52. The lowest BCUT2D eigenvalue weighted by Crippen LogP contribution is -2.19. The van der Waals surface area contributed by atoms with Crippen LogP contribution in [-0.4, -0.2) is 29.2 Å². The van der Waals surface area contributed by atoms with Gasteiger partial charge in [-0.25, -0.2) is 0 Å². The van der Waals surface area contributed by atoms with Crippen LogP contribution in [0.2, 0.25) is 0 Å². The number of aliphatic hydroxyl groups is 1. The van der Waals surface area contributed by atoms with E-state index in [1.54, 1.807) is 13.8 Å². The quantitative estimate of drug-likeness (QED) is 0.517. The van der Waals surface area contributed by atoms with Crippen LogP contribution >= 0.6 is 11.6 Å². The molecule has 0 radical (unpaired) electrons. The smallest absolute Gasteiger partial charge is 0.308 e. The summed E-state index contributed by atoms with van der Waals surface area (Å²) in [5.41, 5.74) is 0. The van der Waals surface area contributed by atoms with Crippen molar-refractivity contribution in [3.8, 4) is 0 Å². The van der Waals surface area contributed by atoms with E-state index in [1.165, 1.54) is 0 Å². The van der Waals surface area contributed by atoms with Crippen molar-refractivity contribution in [2.24, 2.45) is 0 Å². The zero-order chi connectivity index (χ0) is 8.85. The van der Waals surface area contributed by atoms with E-state index in [9.17, 15) is 4.79 Å². The van der Waals surface area contributed by atoms with Crippen LogP contribution in [0.3, 0.4) is 0 Å².